The fourth-order valence-corrected chi connectivity index (χ4v) is 3.77. The third-order valence-corrected chi connectivity index (χ3v) is 5.11. The van der Waals surface area contributed by atoms with Crippen molar-refractivity contribution >= 4 is 29.1 Å². The van der Waals surface area contributed by atoms with Gasteiger partial charge in [-0.1, -0.05) is 29.3 Å². The third kappa shape index (κ3) is 3.42. The van der Waals surface area contributed by atoms with Crippen molar-refractivity contribution in [1.82, 2.24) is 10.3 Å². The molecular weight excluding hydrogens is 382 g/mol. The van der Waals surface area contributed by atoms with Crippen LogP contribution in [0.5, 0.6) is 0 Å². The van der Waals surface area contributed by atoms with Crippen molar-refractivity contribution in [3.05, 3.63) is 62.9 Å². The van der Waals surface area contributed by atoms with Crippen molar-refractivity contribution in [3.8, 4) is 0 Å². The highest BCUT2D eigenvalue weighted by atomic mass is 35.5. The second kappa shape index (κ2) is 7.48. The van der Waals surface area contributed by atoms with Gasteiger partial charge in [-0.3, -0.25) is 9.78 Å². The molecule has 0 bridgehead atoms. The molecule has 1 heterocycles. The Morgan fingerprint density at radius 1 is 1.42 bits per heavy atom. The first-order valence-electron chi connectivity index (χ1n) is 8.05. The van der Waals surface area contributed by atoms with Gasteiger partial charge in [0.25, 0.3) is 5.91 Å². The molecule has 3 rings (SSSR count). The standard InChI is InChI=1S/C18H17Cl2FN2O3/c19-11-6-10(9-24)12(14(20)7-11)8-23-17(26)18(21)4-3-15(25)16-13(18)2-1-5-22-16/h1-2,5-7,15,24-25H,3-4,8-9H2,(H,23,26). The summed E-state index contributed by atoms with van der Waals surface area (Å²) in [7, 11) is 0. The van der Waals surface area contributed by atoms with Gasteiger partial charge in [0.15, 0.2) is 0 Å². The Labute approximate surface area is 159 Å². The molecule has 2 unspecified atom stereocenters. The minimum atomic E-state index is -2.29. The average molecular weight is 399 g/mol. The lowest BCUT2D eigenvalue weighted by molar-refractivity contribution is -0.135. The number of fused-ring (bicyclic) bond motifs is 1. The summed E-state index contributed by atoms with van der Waals surface area (Å²) < 4.78 is 15.5. The SMILES string of the molecule is O=C(NCc1c(Cl)cc(Cl)cc1CO)C1(F)CCC(O)c2ncccc21. The van der Waals surface area contributed by atoms with E-state index < -0.39 is 17.7 Å². The lowest BCUT2D eigenvalue weighted by Gasteiger charge is -2.32. The van der Waals surface area contributed by atoms with Crippen LogP contribution in [0.4, 0.5) is 4.39 Å². The van der Waals surface area contributed by atoms with Crippen LogP contribution < -0.4 is 5.32 Å². The number of aliphatic hydroxyl groups is 2. The second-order valence-corrected chi connectivity index (χ2v) is 7.00. The van der Waals surface area contributed by atoms with Crippen LogP contribution in [0.1, 0.15) is 41.3 Å². The molecule has 138 valence electrons. The summed E-state index contributed by atoms with van der Waals surface area (Å²) in [6.45, 7) is -0.375. The van der Waals surface area contributed by atoms with Crippen LogP contribution in [0, 0.1) is 0 Å². The Hall–Kier alpha value is -1.73. The predicted molar refractivity (Wildman–Crippen MR) is 95.4 cm³/mol. The van der Waals surface area contributed by atoms with Crippen molar-refractivity contribution in [2.75, 3.05) is 0 Å². The van der Waals surface area contributed by atoms with E-state index in [0.29, 0.717) is 16.1 Å². The van der Waals surface area contributed by atoms with E-state index in [-0.39, 0.29) is 42.3 Å². The number of aliphatic hydroxyl groups excluding tert-OH is 2. The highest BCUT2D eigenvalue weighted by molar-refractivity contribution is 6.35. The van der Waals surface area contributed by atoms with E-state index in [1.807, 2.05) is 0 Å². The Kier molecular flexibility index (Phi) is 5.48. The maximum absolute atomic E-state index is 15.5. The average Bonchev–Trinajstić information content (AvgIpc) is 2.63. The van der Waals surface area contributed by atoms with E-state index in [4.69, 9.17) is 23.2 Å². The zero-order valence-electron chi connectivity index (χ0n) is 13.7. The number of amides is 1. The number of benzene rings is 1. The van der Waals surface area contributed by atoms with Crippen LogP contribution in [-0.4, -0.2) is 21.1 Å². The summed E-state index contributed by atoms with van der Waals surface area (Å²) in [6.07, 6.45) is 0.499. The number of nitrogens with zero attached hydrogens (tertiary/aromatic N) is 1. The molecule has 8 heteroatoms. The van der Waals surface area contributed by atoms with Crippen LogP contribution in [0.3, 0.4) is 0 Å². The molecule has 0 aliphatic heterocycles. The molecule has 5 nitrogen and oxygen atoms in total. The van der Waals surface area contributed by atoms with Crippen LogP contribution in [0.15, 0.2) is 30.5 Å². The van der Waals surface area contributed by atoms with Gasteiger partial charge in [-0.25, -0.2) is 4.39 Å². The summed E-state index contributed by atoms with van der Waals surface area (Å²) >= 11 is 12.0. The molecule has 1 aromatic carbocycles. The van der Waals surface area contributed by atoms with E-state index in [0.717, 1.165) is 0 Å². The summed E-state index contributed by atoms with van der Waals surface area (Å²) in [6, 6.07) is 6.01. The van der Waals surface area contributed by atoms with Gasteiger partial charge in [0.1, 0.15) is 0 Å². The molecule has 1 amide bonds. The second-order valence-electron chi connectivity index (χ2n) is 6.16. The summed E-state index contributed by atoms with van der Waals surface area (Å²) in [5, 5.41) is 22.6. The fraction of sp³-hybridized carbons (Fsp3) is 0.333. The number of rotatable bonds is 4. The molecule has 2 atom stereocenters. The van der Waals surface area contributed by atoms with Gasteiger partial charge in [0.2, 0.25) is 5.67 Å². The molecule has 0 fully saturated rings. The first-order chi connectivity index (χ1) is 12.4. The largest absolute Gasteiger partial charge is 0.392 e. The van der Waals surface area contributed by atoms with Crippen molar-refractivity contribution in [1.29, 1.82) is 0 Å². The van der Waals surface area contributed by atoms with E-state index in [9.17, 15) is 15.0 Å². The van der Waals surface area contributed by atoms with Gasteiger partial charge in [0, 0.05) is 28.4 Å². The van der Waals surface area contributed by atoms with Gasteiger partial charge in [0.05, 0.1) is 18.4 Å². The molecule has 3 N–H and O–H groups in total. The summed E-state index contributed by atoms with van der Waals surface area (Å²) in [5.74, 6) is -0.839. The number of halogens is 3. The number of pyridine rings is 1. The maximum Gasteiger partial charge on any atom is 0.262 e. The molecule has 0 saturated heterocycles. The maximum atomic E-state index is 15.5. The molecule has 1 aliphatic rings. The predicted octanol–water partition coefficient (Wildman–Crippen LogP) is 3.19. The van der Waals surface area contributed by atoms with Crippen LogP contribution >= 0.6 is 23.2 Å². The van der Waals surface area contributed by atoms with Gasteiger partial charge in [-0.15, -0.1) is 0 Å². The topological polar surface area (TPSA) is 82.5 Å². The molecule has 2 aromatic rings. The third-order valence-electron chi connectivity index (χ3n) is 4.55. The van der Waals surface area contributed by atoms with Crippen molar-refractivity contribution in [2.45, 2.75) is 37.8 Å². The Balaban J connectivity index is 1.85. The van der Waals surface area contributed by atoms with Gasteiger partial charge >= 0.3 is 0 Å². The summed E-state index contributed by atoms with van der Waals surface area (Å²) in [4.78, 5) is 16.6. The zero-order chi connectivity index (χ0) is 18.9. The van der Waals surface area contributed by atoms with Crippen molar-refractivity contribution in [3.63, 3.8) is 0 Å². The van der Waals surface area contributed by atoms with Crippen molar-refractivity contribution < 1.29 is 19.4 Å². The quantitative estimate of drug-likeness (QED) is 0.738. The number of hydrogen-bond acceptors (Lipinski definition) is 4. The highest BCUT2D eigenvalue weighted by Crippen LogP contribution is 2.42. The number of aromatic nitrogens is 1. The minimum absolute atomic E-state index is 0.0610. The number of carbonyl (C=O) groups excluding carboxylic acids is 1. The van der Waals surface area contributed by atoms with Gasteiger partial charge in [-0.2, -0.15) is 0 Å². The summed E-state index contributed by atoms with van der Waals surface area (Å²) in [5.41, 5.74) is -1.12. The number of nitrogens with one attached hydrogen (secondary N) is 1. The zero-order valence-corrected chi connectivity index (χ0v) is 15.2. The van der Waals surface area contributed by atoms with Gasteiger partial charge < -0.3 is 15.5 Å². The fourth-order valence-electron chi connectivity index (χ4n) is 3.17. The van der Waals surface area contributed by atoms with E-state index in [1.165, 1.54) is 30.5 Å². The van der Waals surface area contributed by atoms with Crippen LogP contribution in [0.2, 0.25) is 10.0 Å². The monoisotopic (exact) mass is 398 g/mol. The Morgan fingerprint density at radius 3 is 2.92 bits per heavy atom. The lowest BCUT2D eigenvalue weighted by Crippen LogP contribution is -2.44. The lowest BCUT2D eigenvalue weighted by atomic mass is 9.81. The molecule has 0 spiro atoms. The number of carbonyl (C=O) groups is 1. The van der Waals surface area contributed by atoms with Crippen molar-refractivity contribution in [2.24, 2.45) is 0 Å². The van der Waals surface area contributed by atoms with E-state index >= 15 is 4.39 Å². The Morgan fingerprint density at radius 2 is 2.19 bits per heavy atom. The van der Waals surface area contributed by atoms with Gasteiger partial charge in [-0.05, 0) is 42.2 Å². The minimum Gasteiger partial charge on any atom is -0.392 e. The van der Waals surface area contributed by atoms with E-state index in [1.54, 1.807) is 0 Å². The smallest absolute Gasteiger partial charge is 0.262 e. The first-order valence-corrected chi connectivity index (χ1v) is 8.80. The van der Waals surface area contributed by atoms with Crippen LogP contribution in [-0.2, 0) is 23.6 Å². The number of alkyl halides is 1. The highest BCUT2D eigenvalue weighted by Gasteiger charge is 2.46. The molecule has 1 aliphatic carbocycles. The van der Waals surface area contributed by atoms with Crippen LogP contribution in [0.25, 0.3) is 0 Å². The molecule has 26 heavy (non-hydrogen) atoms. The molecule has 1 aromatic heterocycles. The Bertz CT molecular complexity index is 849. The number of hydrogen-bond donors (Lipinski definition) is 3. The molecular formula is C18H17Cl2FN2O3. The molecule has 0 radical (unpaired) electrons. The van der Waals surface area contributed by atoms with E-state index in [2.05, 4.69) is 10.3 Å². The normalized spacial score (nSPS) is 22.0. The first kappa shape index (κ1) is 19.0. The molecule has 0 saturated carbocycles.